The van der Waals surface area contributed by atoms with Crippen LogP contribution in [0.3, 0.4) is 0 Å². The van der Waals surface area contributed by atoms with Crippen molar-refractivity contribution >= 4 is 5.97 Å². The second-order valence-corrected chi connectivity index (χ2v) is 7.02. The molecule has 2 nitrogen and oxygen atoms in total. The highest BCUT2D eigenvalue weighted by molar-refractivity contribution is 5.72. The van der Waals surface area contributed by atoms with Crippen LogP contribution < -0.4 is 4.74 Å². The van der Waals surface area contributed by atoms with Gasteiger partial charge in [-0.25, -0.2) is 0 Å². The Labute approximate surface area is 147 Å². The summed E-state index contributed by atoms with van der Waals surface area (Å²) < 4.78 is 5.42. The van der Waals surface area contributed by atoms with Crippen molar-refractivity contribution in [3.63, 3.8) is 0 Å². The molecule has 0 radical (unpaired) electrons. The van der Waals surface area contributed by atoms with Crippen LogP contribution >= 0.6 is 0 Å². The summed E-state index contributed by atoms with van der Waals surface area (Å²) in [7, 11) is 0. The van der Waals surface area contributed by atoms with Gasteiger partial charge in [-0.2, -0.15) is 0 Å². The van der Waals surface area contributed by atoms with Crippen LogP contribution in [0.2, 0.25) is 0 Å². The van der Waals surface area contributed by atoms with Crippen LogP contribution in [0.25, 0.3) is 0 Å². The molecule has 2 unspecified atom stereocenters. The summed E-state index contributed by atoms with van der Waals surface area (Å²) in [6.45, 7) is 4.51. The van der Waals surface area contributed by atoms with Crippen molar-refractivity contribution in [2.45, 2.75) is 71.6 Å². The third-order valence-electron chi connectivity index (χ3n) is 5.08. The van der Waals surface area contributed by atoms with Gasteiger partial charge in [0.15, 0.2) is 0 Å². The number of benzene rings is 1. The van der Waals surface area contributed by atoms with E-state index in [9.17, 15) is 4.79 Å². The number of para-hydroxylation sites is 1. The van der Waals surface area contributed by atoms with Gasteiger partial charge >= 0.3 is 5.97 Å². The molecule has 0 aromatic heterocycles. The molecule has 132 valence electrons. The Balaban J connectivity index is 1.84. The highest BCUT2D eigenvalue weighted by Gasteiger charge is 2.21. The van der Waals surface area contributed by atoms with Gasteiger partial charge in [0, 0.05) is 6.42 Å². The smallest absolute Gasteiger partial charge is 0.311 e. The van der Waals surface area contributed by atoms with Crippen molar-refractivity contribution in [3.05, 3.63) is 42.0 Å². The second kappa shape index (κ2) is 10.3. The molecule has 0 amide bonds. The molecule has 2 atom stereocenters. The van der Waals surface area contributed by atoms with Crippen molar-refractivity contribution in [2.75, 3.05) is 0 Å². The number of carbonyl (C=O) groups excluding carboxylic acids is 1. The highest BCUT2D eigenvalue weighted by atomic mass is 16.5. The quantitative estimate of drug-likeness (QED) is 0.301. The van der Waals surface area contributed by atoms with Crippen LogP contribution in [0, 0.1) is 11.8 Å². The summed E-state index contributed by atoms with van der Waals surface area (Å²) in [4.78, 5) is 12.1. The maximum Gasteiger partial charge on any atom is 0.311 e. The van der Waals surface area contributed by atoms with E-state index >= 15 is 0 Å². The lowest BCUT2D eigenvalue weighted by Crippen LogP contribution is -2.15. The molecular formula is C22H32O2. The molecule has 1 aliphatic rings. The Kier molecular flexibility index (Phi) is 8.07. The summed E-state index contributed by atoms with van der Waals surface area (Å²) in [5.74, 6) is 1.97. The molecule has 0 N–H and O–H groups in total. The van der Waals surface area contributed by atoms with E-state index < -0.39 is 0 Å². The normalized spacial score (nSPS) is 18.8. The Bertz CT molecular complexity index is 518. The minimum atomic E-state index is -0.109. The number of hydrogen-bond donors (Lipinski definition) is 0. The zero-order valence-corrected chi connectivity index (χ0v) is 15.3. The molecule has 1 aliphatic carbocycles. The first kappa shape index (κ1) is 18.8. The Morgan fingerprint density at radius 2 is 1.96 bits per heavy atom. The van der Waals surface area contributed by atoms with Crippen molar-refractivity contribution in [1.82, 2.24) is 0 Å². The van der Waals surface area contributed by atoms with Crippen molar-refractivity contribution in [3.8, 4) is 5.75 Å². The van der Waals surface area contributed by atoms with Crippen molar-refractivity contribution < 1.29 is 9.53 Å². The van der Waals surface area contributed by atoms with Crippen LogP contribution in [-0.4, -0.2) is 5.97 Å². The fourth-order valence-electron chi connectivity index (χ4n) is 3.78. The standard InChI is InChI=1S/C22H32O2/c1-3-8-18-12-14-20(15-13-18)19(9-4-2)16-17-22(23)24-21-10-6-5-7-11-21/h5-7,10-11,14,18-19H,3-4,8-9,12-13,15-17H2,1-2H3. The number of rotatable bonds is 9. The van der Waals surface area contributed by atoms with E-state index in [0.717, 1.165) is 12.3 Å². The summed E-state index contributed by atoms with van der Waals surface area (Å²) in [6, 6.07) is 9.37. The third-order valence-corrected chi connectivity index (χ3v) is 5.08. The molecule has 0 aliphatic heterocycles. The van der Waals surface area contributed by atoms with E-state index in [2.05, 4.69) is 19.9 Å². The largest absolute Gasteiger partial charge is 0.427 e. The number of allylic oxidation sites excluding steroid dienone is 2. The minimum absolute atomic E-state index is 0.109. The third kappa shape index (κ3) is 6.14. The van der Waals surface area contributed by atoms with Gasteiger partial charge in [-0.05, 0) is 56.1 Å². The fraction of sp³-hybridized carbons (Fsp3) is 0.591. The first-order chi connectivity index (χ1) is 11.7. The number of esters is 1. The van der Waals surface area contributed by atoms with E-state index in [0.29, 0.717) is 18.1 Å². The molecule has 1 aromatic rings. The van der Waals surface area contributed by atoms with Gasteiger partial charge in [0.1, 0.15) is 5.75 Å². The topological polar surface area (TPSA) is 26.3 Å². The lowest BCUT2D eigenvalue weighted by atomic mass is 9.79. The van der Waals surface area contributed by atoms with E-state index in [1.165, 1.54) is 44.9 Å². The fourth-order valence-corrected chi connectivity index (χ4v) is 3.78. The van der Waals surface area contributed by atoms with Gasteiger partial charge in [0.05, 0.1) is 0 Å². The molecule has 0 spiro atoms. The average Bonchev–Trinajstić information content (AvgIpc) is 2.60. The van der Waals surface area contributed by atoms with E-state index in [1.807, 2.05) is 30.3 Å². The first-order valence-corrected chi connectivity index (χ1v) is 9.67. The van der Waals surface area contributed by atoms with Gasteiger partial charge in [-0.1, -0.05) is 63.0 Å². The Morgan fingerprint density at radius 3 is 2.58 bits per heavy atom. The second-order valence-electron chi connectivity index (χ2n) is 7.02. The van der Waals surface area contributed by atoms with Gasteiger partial charge in [-0.15, -0.1) is 0 Å². The molecule has 0 saturated carbocycles. The molecule has 0 fully saturated rings. The van der Waals surface area contributed by atoms with Crippen LogP contribution in [0.1, 0.15) is 71.6 Å². The van der Waals surface area contributed by atoms with Crippen LogP contribution in [0.15, 0.2) is 42.0 Å². The van der Waals surface area contributed by atoms with Crippen molar-refractivity contribution in [2.24, 2.45) is 11.8 Å². The van der Waals surface area contributed by atoms with Crippen LogP contribution in [-0.2, 0) is 4.79 Å². The summed E-state index contributed by atoms with van der Waals surface area (Å²) in [5.41, 5.74) is 1.59. The summed E-state index contributed by atoms with van der Waals surface area (Å²) in [5, 5.41) is 0. The monoisotopic (exact) mass is 328 g/mol. The lowest BCUT2D eigenvalue weighted by molar-refractivity contribution is -0.134. The van der Waals surface area contributed by atoms with Crippen molar-refractivity contribution in [1.29, 1.82) is 0 Å². The van der Waals surface area contributed by atoms with E-state index in [4.69, 9.17) is 4.74 Å². The molecular weight excluding hydrogens is 296 g/mol. The number of ether oxygens (including phenoxy) is 1. The molecule has 1 aromatic carbocycles. The summed E-state index contributed by atoms with van der Waals surface area (Å²) >= 11 is 0. The van der Waals surface area contributed by atoms with Crippen LogP contribution in [0.5, 0.6) is 5.75 Å². The maximum atomic E-state index is 12.1. The van der Waals surface area contributed by atoms with E-state index in [-0.39, 0.29) is 5.97 Å². The van der Waals surface area contributed by atoms with Gasteiger partial charge in [0.25, 0.3) is 0 Å². The molecule has 24 heavy (non-hydrogen) atoms. The number of carbonyl (C=O) groups is 1. The predicted molar refractivity (Wildman–Crippen MR) is 100 cm³/mol. The zero-order valence-electron chi connectivity index (χ0n) is 15.3. The molecule has 2 rings (SSSR count). The maximum absolute atomic E-state index is 12.1. The van der Waals surface area contributed by atoms with Gasteiger partial charge in [0.2, 0.25) is 0 Å². The minimum Gasteiger partial charge on any atom is -0.427 e. The molecule has 2 heteroatoms. The SMILES string of the molecule is CCCC1CC=C(C(CCC)CCC(=O)Oc2ccccc2)CC1. The van der Waals surface area contributed by atoms with E-state index in [1.54, 1.807) is 5.57 Å². The Hall–Kier alpha value is -1.57. The number of hydrogen-bond acceptors (Lipinski definition) is 2. The first-order valence-electron chi connectivity index (χ1n) is 9.67. The van der Waals surface area contributed by atoms with Gasteiger partial charge < -0.3 is 4.74 Å². The molecule has 0 heterocycles. The lowest BCUT2D eigenvalue weighted by Gasteiger charge is -2.27. The zero-order chi connectivity index (χ0) is 17.2. The Morgan fingerprint density at radius 1 is 1.17 bits per heavy atom. The molecule has 0 bridgehead atoms. The van der Waals surface area contributed by atoms with Crippen LogP contribution in [0.4, 0.5) is 0 Å². The average molecular weight is 328 g/mol. The predicted octanol–water partition coefficient (Wildman–Crippen LogP) is 6.32. The highest BCUT2D eigenvalue weighted by Crippen LogP contribution is 2.34. The molecule has 0 saturated heterocycles. The van der Waals surface area contributed by atoms with Gasteiger partial charge in [-0.3, -0.25) is 4.79 Å². The summed E-state index contributed by atoms with van der Waals surface area (Å²) in [6.07, 6.45) is 12.7.